The summed E-state index contributed by atoms with van der Waals surface area (Å²) in [6.07, 6.45) is 0. The minimum Gasteiger partial charge on any atom is -0.273 e. The fourth-order valence-corrected chi connectivity index (χ4v) is 0.697. The number of nitrogens with zero attached hydrogens (tertiary/aromatic N) is 1. The maximum atomic E-state index is 8.73. The summed E-state index contributed by atoms with van der Waals surface area (Å²) >= 11 is 0. The van der Waals surface area contributed by atoms with Crippen molar-refractivity contribution in [3.63, 3.8) is 0 Å². The molecule has 10 heavy (non-hydrogen) atoms. The maximum absolute atomic E-state index is 8.73. The fraction of sp³-hybridized carbons (Fsp3) is 0.143. The van der Waals surface area contributed by atoms with Crippen molar-refractivity contribution in [3.8, 4) is 0 Å². The van der Waals surface area contributed by atoms with Crippen LogP contribution in [0.2, 0.25) is 0 Å². The van der Waals surface area contributed by atoms with Crippen LogP contribution in [0.25, 0.3) is 0 Å². The topological polar surface area (TPSA) is 49.5 Å². The zero-order valence-electron chi connectivity index (χ0n) is 5.78. The molecule has 3 N–H and O–H groups in total. The molecule has 0 unspecified atom stereocenters. The number of hydrogen-bond donors (Lipinski definition) is 2. The number of nitrogens with two attached hydrogens (primary N) is 1. The van der Waals surface area contributed by atoms with Crippen molar-refractivity contribution in [2.75, 3.05) is 5.17 Å². The molecule has 0 fully saturated rings. The molecule has 0 bridgehead atoms. The van der Waals surface area contributed by atoms with Gasteiger partial charge in [0.2, 0.25) is 0 Å². The van der Waals surface area contributed by atoms with Crippen LogP contribution < -0.4 is 11.0 Å². The summed E-state index contributed by atoms with van der Waals surface area (Å²) in [5.74, 6) is 5.05. The SMILES string of the molecule is Cc1ccc(N(N)O)cc1. The first-order valence-corrected chi connectivity index (χ1v) is 3.00. The minimum atomic E-state index is 0.589. The van der Waals surface area contributed by atoms with Crippen LogP contribution >= 0.6 is 0 Å². The molecule has 3 heteroatoms. The van der Waals surface area contributed by atoms with E-state index in [-0.39, 0.29) is 0 Å². The summed E-state index contributed by atoms with van der Waals surface area (Å²) < 4.78 is 0. The molecule has 0 saturated carbocycles. The Morgan fingerprint density at radius 1 is 1.30 bits per heavy atom. The predicted octanol–water partition coefficient (Wildman–Crippen LogP) is 1.06. The molecule has 1 aromatic carbocycles. The molecule has 1 aromatic rings. The molecule has 0 aliphatic carbocycles. The van der Waals surface area contributed by atoms with E-state index in [4.69, 9.17) is 11.0 Å². The molecule has 0 radical (unpaired) electrons. The molecule has 0 aromatic heterocycles. The molecule has 0 aliphatic rings. The number of hydrazine groups is 1. The fourth-order valence-electron chi connectivity index (χ4n) is 0.697. The number of aryl methyl sites for hydroxylation is 1. The summed E-state index contributed by atoms with van der Waals surface area (Å²) in [5.41, 5.74) is 1.73. The second-order valence-corrected chi connectivity index (χ2v) is 2.18. The monoisotopic (exact) mass is 138 g/mol. The third-order valence-corrected chi connectivity index (χ3v) is 1.30. The Morgan fingerprint density at radius 3 is 2.20 bits per heavy atom. The Hall–Kier alpha value is -1.06. The Balaban J connectivity index is 2.89. The first-order valence-electron chi connectivity index (χ1n) is 3.00. The molecule has 0 atom stereocenters. The molecular formula is C7H10N2O. The first kappa shape index (κ1) is 7.05. The highest BCUT2D eigenvalue weighted by Gasteiger charge is 1.93. The lowest BCUT2D eigenvalue weighted by molar-refractivity contribution is 0.258. The highest BCUT2D eigenvalue weighted by Crippen LogP contribution is 2.09. The normalized spacial score (nSPS) is 9.50. The van der Waals surface area contributed by atoms with Crippen LogP contribution in [0.5, 0.6) is 0 Å². The van der Waals surface area contributed by atoms with Gasteiger partial charge >= 0.3 is 0 Å². The molecule has 0 amide bonds. The average molecular weight is 138 g/mol. The standard InChI is InChI=1S/C7H10N2O/c1-6-2-4-7(5-3-6)9(8)10/h2-5,10H,8H2,1H3. The van der Waals surface area contributed by atoms with Crippen LogP contribution in [-0.2, 0) is 0 Å². The zero-order chi connectivity index (χ0) is 7.56. The largest absolute Gasteiger partial charge is 0.273 e. The summed E-state index contributed by atoms with van der Waals surface area (Å²) in [4.78, 5) is 0. The van der Waals surface area contributed by atoms with E-state index in [0.29, 0.717) is 10.9 Å². The van der Waals surface area contributed by atoms with Gasteiger partial charge in [-0.3, -0.25) is 5.21 Å². The van der Waals surface area contributed by atoms with Gasteiger partial charge in [0.25, 0.3) is 0 Å². The van der Waals surface area contributed by atoms with Crippen LogP contribution in [0.4, 0.5) is 5.69 Å². The van der Waals surface area contributed by atoms with Gasteiger partial charge in [0.1, 0.15) is 0 Å². The summed E-state index contributed by atoms with van der Waals surface area (Å²) in [6.45, 7) is 1.97. The minimum absolute atomic E-state index is 0.589. The Bertz CT molecular complexity index is 205. The molecule has 1 rings (SSSR count). The Labute approximate surface area is 59.6 Å². The number of anilines is 1. The summed E-state index contributed by atoms with van der Waals surface area (Å²) in [5, 5.41) is 9.32. The van der Waals surface area contributed by atoms with Gasteiger partial charge in [0.05, 0.1) is 5.69 Å². The van der Waals surface area contributed by atoms with Gasteiger partial charge in [0.15, 0.2) is 0 Å². The van der Waals surface area contributed by atoms with E-state index in [2.05, 4.69) is 0 Å². The van der Waals surface area contributed by atoms with Gasteiger partial charge in [-0.15, -0.1) is 0 Å². The lowest BCUT2D eigenvalue weighted by Crippen LogP contribution is -2.25. The highest BCUT2D eigenvalue weighted by atomic mass is 16.5. The lowest BCUT2D eigenvalue weighted by atomic mass is 10.2. The predicted molar refractivity (Wildman–Crippen MR) is 39.6 cm³/mol. The summed E-state index contributed by atoms with van der Waals surface area (Å²) in [7, 11) is 0. The van der Waals surface area contributed by atoms with Gasteiger partial charge in [-0.05, 0) is 19.1 Å². The van der Waals surface area contributed by atoms with Crippen molar-refractivity contribution in [1.82, 2.24) is 0 Å². The number of benzene rings is 1. The van der Waals surface area contributed by atoms with E-state index < -0.39 is 0 Å². The molecule has 0 aliphatic heterocycles. The van der Waals surface area contributed by atoms with E-state index in [1.54, 1.807) is 12.1 Å². The zero-order valence-corrected chi connectivity index (χ0v) is 5.78. The lowest BCUT2D eigenvalue weighted by Gasteiger charge is -2.08. The van der Waals surface area contributed by atoms with Crippen molar-refractivity contribution < 1.29 is 5.21 Å². The molecule has 54 valence electrons. The van der Waals surface area contributed by atoms with Gasteiger partial charge in [-0.25, -0.2) is 5.84 Å². The number of hydrogen-bond acceptors (Lipinski definition) is 3. The first-order chi connectivity index (χ1) is 4.70. The van der Waals surface area contributed by atoms with Crippen molar-refractivity contribution >= 4 is 5.69 Å². The van der Waals surface area contributed by atoms with Crippen molar-refractivity contribution in [1.29, 1.82) is 0 Å². The maximum Gasteiger partial charge on any atom is 0.0818 e. The van der Waals surface area contributed by atoms with E-state index >= 15 is 0 Å². The van der Waals surface area contributed by atoms with Gasteiger partial charge in [-0.1, -0.05) is 17.7 Å². The van der Waals surface area contributed by atoms with Crippen molar-refractivity contribution in [2.45, 2.75) is 6.92 Å². The summed E-state index contributed by atoms with van der Waals surface area (Å²) in [6, 6.07) is 7.25. The third-order valence-electron chi connectivity index (χ3n) is 1.30. The molecular weight excluding hydrogens is 128 g/mol. The van der Waals surface area contributed by atoms with Crippen LogP contribution in [0.3, 0.4) is 0 Å². The van der Waals surface area contributed by atoms with Crippen molar-refractivity contribution in [3.05, 3.63) is 29.8 Å². The Morgan fingerprint density at radius 2 is 1.80 bits per heavy atom. The molecule has 3 nitrogen and oxygen atoms in total. The van der Waals surface area contributed by atoms with Gasteiger partial charge in [0, 0.05) is 0 Å². The highest BCUT2D eigenvalue weighted by molar-refractivity contribution is 5.43. The van der Waals surface area contributed by atoms with Gasteiger partial charge in [-0.2, -0.15) is 5.17 Å². The molecule has 0 saturated heterocycles. The Kier molecular flexibility index (Phi) is 1.89. The van der Waals surface area contributed by atoms with E-state index in [1.165, 1.54) is 0 Å². The smallest absolute Gasteiger partial charge is 0.0818 e. The van der Waals surface area contributed by atoms with Crippen LogP contribution in [0, 0.1) is 6.92 Å². The second kappa shape index (κ2) is 2.68. The van der Waals surface area contributed by atoms with E-state index in [9.17, 15) is 0 Å². The van der Waals surface area contributed by atoms with Crippen LogP contribution in [-0.4, -0.2) is 5.21 Å². The van der Waals surface area contributed by atoms with E-state index in [1.807, 2.05) is 19.1 Å². The third kappa shape index (κ3) is 1.46. The van der Waals surface area contributed by atoms with E-state index in [0.717, 1.165) is 5.56 Å². The average Bonchev–Trinajstić information content (AvgIpc) is 1.88. The molecule has 0 heterocycles. The van der Waals surface area contributed by atoms with Crippen LogP contribution in [0.1, 0.15) is 5.56 Å². The van der Waals surface area contributed by atoms with Crippen LogP contribution in [0.15, 0.2) is 24.3 Å². The van der Waals surface area contributed by atoms with Gasteiger partial charge < -0.3 is 0 Å². The quantitative estimate of drug-likeness (QED) is 0.450. The number of rotatable bonds is 1. The van der Waals surface area contributed by atoms with Crippen molar-refractivity contribution in [2.24, 2.45) is 5.84 Å². The molecule has 0 spiro atoms. The second-order valence-electron chi connectivity index (χ2n) is 2.18.